The van der Waals surface area contributed by atoms with Crippen LogP contribution in [-0.4, -0.2) is 22.6 Å². The Morgan fingerprint density at radius 3 is 3.00 bits per heavy atom. The van der Waals surface area contributed by atoms with Gasteiger partial charge in [-0.25, -0.2) is 0 Å². The highest BCUT2D eigenvalue weighted by molar-refractivity contribution is 7.99. The van der Waals surface area contributed by atoms with E-state index in [-0.39, 0.29) is 5.92 Å². The highest BCUT2D eigenvalue weighted by Crippen LogP contribution is 2.37. The smallest absolute Gasteiger partial charge is 0.307 e. The first-order valence-electron chi connectivity index (χ1n) is 5.57. The molecule has 0 saturated carbocycles. The van der Waals surface area contributed by atoms with Gasteiger partial charge in [0.05, 0.1) is 5.92 Å². The molecule has 2 atom stereocenters. The van der Waals surface area contributed by atoms with Crippen LogP contribution in [0.3, 0.4) is 0 Å². The van der Waals surface area contributed by atoms with Crippen LogP contribution in [0.15, 0.2) is 24.3 Å². The Morgan fingerprint density at radius 2 is 2.31 bits per heavy atom. The van der Waals surface area contributed by atoms with Gasteiger partial charge in [-0.15, -0.1) is 0 Å². The van der Waals surface area contributed by atoms with E-state index in [1.807, 2.05) is 0 Å². The second-order valence-electron chi connectivity index (χ2n) is 4.38. The molecular weight excluding hydrogens is 220 g/mol. The Balaban J connectivity index is 1.76. The lowest BCUT2D eigenvalue weighted by Gasteiger charge is -2.29. The molecule has 0 bridgehead atoms. The molecule has 0 saturated heterocycles. The van der Waals surface area contributed by atoms with E-state index in [1.54, 1.807) is 18.7 Å². The molecule has 1 N–H and O–H groups in total. The van der Waals surface area contributed by atoms with Crippen molar-refractivity contribution in [2.24, 2.45) is 5.92 Å². The van der Waals surface area contributed by atoms with Gasteiger partial charge < -0.3 is 5.11 Å². The number of carbonyl (C=O) groups is 1. The van der Waals surface area contributed by atoms with E-state index < -0.39 is 5.97 Å². The maximum absolute atomic E-state index is 10.6. The molecule has 1 aromatic rings. The molecule has 0 amide bonds. The summed E-state index contributed by atoms with van der Waals surface area (Å²) in [4.78, 5) is 10.6. The van der Waals surface area contributed by atoms with E-state index in [0.717, 1.165) is 12.2 Å². The standard InChI is InChI=1S/C13H16O2S/c1-9(13(14)15)7-16-8-11-6-10-4-2-3-5-12(10)11/h2-5,9,11H,6-8H2,1H3,(H,14,15). The second kappa shape index (κ2) is 4.91. The number of rotatable bonds is 5. The number of aliphatic carboxylic acids is 1. The minimum absolute atomic E-state index is 0.236. The second-order valence-corrected chi connectivity index (χ2v) is 5.45. The third-order valence-electron chi connectivity index (χ3n) is 3.07. The average Bonchev–Trinajstić information content (AvgIpc) is 2.24. The summed E-state index contributed by atoms with van der Waals surface area (Å²) in [6.45, 7) is 1.77. The van der Waals surface area contributed by atoms with Crippen molar-refractivity contribution in [2.45, 2.75) is 19.3 Å². The molecule has 0 aliphatic heterocycles. The quantitative estimate of drug-likeness (QED) is 0.854. The van der Waals surface area contributed by atoms with Crippen molar-refractivity contribution in [1.29, 1.82) is 0 Å². The summed E-state index contributed by atoms with van der Waals surface area (Å²) in [5.74, 6) is 1.48. The molecule has 0 heterocycles. The molecule has 0 spiro atoms. The highest BCUT2D eigenvalue weighted by Gasteiger charge is 2.25. The zero-order chi connectivity index (χ0) is 11.5. The third kappa shape index (κ3) is 2.40. The van der Waals surface area contributed by atoms with Gasteiger partial charge in [0.1, 0.15) is 0 Å². The van der Waals surface area contributed by atoms with Crippen LogP contribution in [0.1, 0.15) is 24.0 Å². The predicted molar refractivity (Wildman–Crippen MR) is 67.0 cm³/mol. The molecule has 2 unspecified atom stereocenters. The molecule has 0 radical (unpaired) electrons. The summed E-state index contributed by atoms with van der Waals surface area (Å²) in [6, 6.07) is 8.52. The van der Waals surface area contributed by atoms with Gasteiger partial charge in [0.2, 0.25) is 0 Å². The van der Waals surface area contributed by atoms with Crippen molar-refractivity contribution in [3.8, 4) is 0 Å². The van der Waals surface area contributed by atoms with Crippen molar-refractivity contribution in [2.75, 3.05) is 11.5 Å². The number of carboxylic acid groups (broad SMARTS) is 1. The van der Waals surface area contributed by atoms with Gasteiger partial charge in [-0.05, 0) is 23.5 Å². The maximum Gasteiger partial charge on any atom is 0.307 e. The third-order valence-corrected chi connectivity index (χ3v) is 4.44. The van der Waals surface area contributed by atoms with Crippen LogP contribution in [0.25, 0.3) is 0 Å². The zero-order valence-corrected chi connectivity index (χ0v) is 10.2. The molecule has 1 aliphatic carbocycles. The van der Waals surface area contributed by atoms with Crippen LogP contribution in [-0.2, 0) is 11.2 Å². The number of benzene rings is 1. The first kappa shape index (κ1) is 11.5. The van der Waals surface area contributed by atoms with Gasteiger partial charge in [-0.3, -0.25) is 4.79 Å². The van der Waals surface area contributed by atoms with Crippen LogP contribution < -0.4 is 0 Å². The number of fused-ring (bicyclic) bond motifs is 1. The van der Waals surface area contributed by atoms with Crippen LogP contribution in [0.5, 0.6) is 0 Å². The normalized spacial score (nSPS) is 19.7. The largest absolute Gasteiger partial charge is 0.481 e. The molecular formula is C13H16O2S. The Bertz CT molecular complexity index is 389. The molecule has 16 heavy (non-hydrogen) atoms. The number of hydrogen-bond donors (Lipinski definition) is 1. The minimum atomic E-state index is -0.693. The molecule has 2 nitrogen and oxygen atoms in total. The van der Waals surface area contributed by atoms with Crippen LogP contribution >= 0.6 is 11.8 Å². The first-order valence-corrected chi connectivity index (χ1v) is 6.72. The Morgan fingerprint density at radius 1 is 1.56 bits per heavy atom. The van der Waals surface area contributed by atoms with Crippen molar-refractivity contribution in [3.05, 3.63) is 35.4 Å². The van der Waals surface area contributed by atoms with Crippen LogP contribution in [0.4, 0.5) is 0 Å². The van der Waals surface area contributed by atoms with E-state index in [1.165, 1.54) is 11.1 Å². The van der Waals surface area contributed by atoms with E-state index >= 15 is 0 Å². The highest BCUT2D eigenvalue weighted by atomic mass is 32.2. The molecule has 0 aromatic heterocycles. The van der Waals surface area contributed by atoms with Crippen molar-refractivity contribution in [3.63, 3.8) is 0 Å². The lowest BCUT2D eigenvalue weighted by atomic mass is 9.79. The lowest BCUT2D eigenvalue weighted by molar-refractivity contribution is -0.140. The molecule has 3 heteroatoms. The molecule has 0 fully saturated rings. The van der Waals surface area contributed by atoms with Gasteiger partial charge in [0.15, 0.2) is 0 Å². The summed E-state index contributed by atoms with van der Waals surface area (Å²) in [5, 5.41) is 8.76. The van der Waals surface area contributed by atoms with Crippen molar-refractivity contribution >= 4 is 17.7 Å². The molecule has 1 aromatic carbocycles. The number of hydrogen-bond acceptors (Lipinski definition) is 2. The topological polar surface area (TPSA) is 37.3 Å². The van der Waals surface area contributed by atoms with Gasteiger partial charge in [0.25, 0.3) is 0 Å². The van der Waals surface area contributed by atoms with Gasteiger partial charge >= 0.3 is 5.97 Å². The van der Waals surface area contributed by atoms with Gasteiger partial charge in [0, 0.05) is 11.5 Å². The average molecular weight is 236 g/mol. The van der Waals surface area contributed by atoms with E-state index in [9.17, 15) is 4.79 Å². The summed E-state index contributed by atoms with van der Waals surface area (Å²) in [6.07, 6.45) is 1.16. The zero-order valence-electron chi connectivity index (χ0n) is 9.35. The lowest BCUT2D eigenvalue weighted by Crippen LogP contribution is -2.20. The summed E-state index contributed by atoms with van der Waals surface area (Å²) in [7, 11) is 0. The Labute approximate surface area is 100 Å². The minimum Gasteiger partial charge on any atom is -0.481 e. The SMILES string of the molecule is CC(CSCC1Cc2ccccc21)C(=O)O. The van der Waals surface area contributed by atoms with Gasteiger partial charge in [-0.2, -0.15) is 11.8 Å². The van der Waals surface area contributed by atoms with E-state index in [2.05, 4.69) is 24.3 Å². The number of thioether (sulfide) groups is 1. The Kier molecular flexibility index (Phi) is 3.54. The first-order chi connectivity index (χ1) is 7.68. The predicted octanol–water partition coefficient (Wildman–Crippen LogP) is 2.78. The van der Waals surface area contributed by atoms with E-state index in [4.69, 9.17) is 5.11 Å². The molecule has 2 rings (SSSR count). The Hall–Kier alpha value is -0.960. The summed E-state index contributed by atoms with van der Waals surface area (Å²) >= 11 is 1.76. The van der Waals surface area contributed by atoms with Crippen molar-refractivity contribution in [1.82, 2.24) is 0 Å². The van der Waals surface area contributed by atoms with Crippen molar-refractivity contribution < 1.29 is 9.90 Å². The monoisotopic (exact) mass is 236 g/mol. The fourth-order valence-corrected chi connectivity index (χ4v) is 3.18. The molecule has 1 aliphatic rings. The molecule has 86 valence electrons. The van der Waals surface area contributed by atoms with Crippen LogP contribution in [0.2, 0.25) is 0 Å². The summed E-state index contributed by atoms with van der Waals surface area (Å²) < 4.78 is 0. The fourth-order valence-electron chi connectivity index (χ4n) is 1.97. The maximum atomic E-state index is 10.6. The van der Waals surface area contributed by atoms with E-state index in [0.29, 0.717) is 11.7 Å². The van der Waals surface area contributed by atoms with Crippen LogP contribution in [0, 0.1) is 5.92 Å². The summed E-state index contributed by atoms with van der Waals surface area (Å²) in [5.41, 5.74) is 2.91. The fraction of sp³-hybridized carbons (Fsp3) is 0.462. The number of carboxylic acids is 1. The van der Waals surface area contributed by atoms with Gasteiger partial charge in [-0.1, -0.05) is 31.2 Å².